The van der Waals surface area contributed by atoms with Crippen LogP contribution in [0.25, 0.3) is 11.2 Å². The molecule has 8 nitrogen and oxygen atoms in total. The first-order chi connectivity index (χ1) is 16.9. The molecule has 3 N–H and O–H groups in total. The van der Waals surface area contributed by atoms with Gasteiger partial charge in [0, 0.05) is 6.54 Å². The van der Waals surface area contributed by atoms with Crippen molar-refractivity contribution >= 4 is 35.7 Å². The molecule has 0 bridgehead atoms. The topological polar surface area (TPSA) is 108 Å². The van der Waals surface area contributed by atoms with Crippen LogP contribution < -0.4 is 16.1 Å². The second-order valence-electron chi connectivity index (χ2n) is 9.52. The molecule has 0 fully saturated rings. The summed E-state index contributed by atoms with van der Waals surface area (Å²) >= 11 is 0. The second-order valence-corrected chi connectivity index (χ2v) is 13.8. The first kappa shape index (κ1) is 25.0. The molecule has 1 unspecified atom stereocenters. The van der Waals surface area contributed by atoms with E-state index in [1.807, 2.05) is 16.7 Å². The van der Waals surface area contributed by atoms with Crippen LogP contribution in [0.3, 0.4) is 0 Å². The van der Waals surface area contributed by atoms with Gasteiger partial charge < -0.3 is 24.6 Å². The Morgan fingerprint density at radius 3 is 2.17 bits per heavy atom. The van der Waals surface area contributed by atoms with Gasteiger partial charge in [-0.15, -0.1) is 0 Å². The molecule has 184 valence electrons. The van der Waals surface area contributed by atoms with Gasteiger partial charge in [-0.2, -0.15) is 0 Å². The van der Waals surface area contributed by atoms with Gasteiger partial charge in [-0.3, -0.25) is 0 Å². The maximum atomic E-state index is 10.1. The summed E-state index contributed by atoms with van der Waals surface area (Å²) in [6, 6.07) is 20.9. The van der Waals surface area contributed by atoms with Crippen LogP contribution >= 0.6 is 0 Å². The van der Waals surface area contributed by atoms with Gasteiger partial charge in [0.05, 0.1) is 26.1 Å². The molecule has 0 aliphatic heterocycles. The Morgan fingerprint density at radius 2 is 1.60 bits per heavy atom. The summed E-state index contributed by atoms with van der Waals surface area (Å²) in [7, 11) is -2.70. The van der Waals surface area contributed by atoms with Gasteiger partial charge in [-0.1, -0.05) is 81.4 Å². The number of aromatic nitrogens is 4. The molecule has 2 aromatic heterocycles. The molecule has 2 heterocycles. The minimum absolute atomic E-state index is 0.141. The quantitative estimate of drug-likeness (QED) is 0.328. The lowest BCUT2D eigenvalue weighted by Gasteiger charge is -2.43. The van der Waals surface area contributed by atoms with E-state index in [-0.39, 0.29) is 18.3 Å². The first-order valence-corrected chi connectivity index (χ1v) is 13.7. The van der Waals surface area contributed by atoms with Crippen molar-refractivity contribution < 1.29 is 14.3 Å². The molecule has 2 aromatic carbocycles. The highest BCUT2D eigenvalue weighted by molar-refractivity contribution is 6.99. The number of nitrogens with zero attached hydrogens (tertiary/aromatic N) is 4. The highest BCUT2D eigenvalue weighted by Gasteiger charge is 2.50. The van der Waals surface area contributed by atoms with Crippen LogP contribution in [-0.4, -0.2) is 58.9 Å². The SMILES string of the molecule is CC(C)(C)[Si](OCC(CO)OCCn1cnc2c(N)ncnc21)(c1ccccc1)c1ccccc1. The largest absolute Gasteiger partial charge is 0.405 e. The summed E-state index contributed by atoms with van der Waals surface area (Å²) in [5.41, 5.74) is 7.10. The number of hydrogen-bond acceptors (Lipinski definition) is 7. The molecule has 4 rings (SSSR count). The Balaban J connectivity index is 1.51. The van der Waals surface area contributed by atoms with E-state index in [1.54, 1.807) is 6.33 Å². The van der Waals surface area contributed by atoms with Gasteiger partial charge in [-0.25, -0.2) is 15.0 Å². The molecule has 0 amide bonds. The third-order valence-corrected chi connectivity index (χ3v) is 11.2. The summed E-state index contributed by atoms with van der Waals surface area (Å²) in [4.78, 5) is 12.5. The number of nitrogen functional groups attached to an aromatic ring is 1. The number of imidazole rings is 1. The summed E-state index contributed by atoms with van der Waals surface area (Å²) in [6.07, 6.45) is 2.63. The molecule has 0 saturated heterocycles. The Bertz CT molecular complexity index is 1190. The lowest BCUT2D eigenvalue weighted by Crippen LogP contribution is -2.67. The number of rotatable bonds is 10. The maximum Gasteiger partial charge on any atom is 0.261 e. The predicted molar refractivity (Wildman–Crippen MR) is 140 cm³/mol. The van der Waals surface area contributed by atoms with Crippen molar-refractivity contribution in [3.8, 4) is 0 Å². The smallest absolute Gasteiger partial charge is 0.261 e. The van der Waals surface area contributed by atoms with Crippen LogP contribution in [0, 0.1) is 0 Å². The van der Waals surface area contributed by atoms with Crippen LogP contribution in [-0.2, 0) is 15.7 Å². The van der Waals surface area contributed by atoms with Crippen LogP contribution in [0.15, 0.2) is 73.3 Å². The van der Waals surface area contributed by atoms with Crippen molar-refractivity contribution in [1.29, 1.82) is 0 Å². The van der Waals surface area contributed by atoms with E-state index in [0.717, 1.165) is 0 Å². The number of anilines is 1. The highest BCUT2D eigenvalue weighted by atomic mass is 28.4. The number of fused-ring (bicyclic) bond motifs is 1. The van der Waals surface area contributed by atoms with E-state index in [0.29, 0.717) is 30.1 Å². The fourth-order valence-corrected chi connectivity index (χ4v) is 9.10. The van der Waals surface area contributed by atoms with E-state index in [9.17, 15) is 5.11 Å². The number of hydrogen-bond donors (Lipinski definition) is 2. The van der Waals surface area contributed by atoms with Crippen LogP contribution in [0.1, 0.15) is 20.8 Å². The Hall–Kier alpha value is -3.11. The molecule has 0 saturated carbocycles. The first-order valence-electron chi connectivity index (χ1n) is 11.8. The van der Waals surface area contributed by atoms with Crippen molar-refractivity contribution in [2.75, 3.05) is 25.6 Å². The van der Waals surface area contributed by atoms with Crippen LogP contribution in [0.5, 0.6) is 0 Å². The van der Waals surface area contributed by atoms with Gasteiger partial charge >= 0.3 is 0 Å². The van der Waals surface area contributed by atoms with E-state index in [4.69, 9.17) is 14.9 Å². The Labute approximate surface area is 206 Å². The van der Waals surface area contributed by atoms with E-state index in [2.05, 4.69) is 84.3 Å². The molecule has 35 heavy (non-hydrogen) atoms. The fourth-order valence-electron chi connectivity index (χ4n) is 4.51. The van der Waals surface area contributed by atoms with Crippen LogP contribution in [0.2, 0.25) is 5.04 Å². The zero-order chi connectivity index (χ0) is 24.9. The van der Waals surface area contributed by atoms with Crippen molar-refractivity contribution in [3.05, 3.63) is 73.3 Å². The molecule has 0 aliphatic carbocycles. The molecular formula is C26H33N5O3Si. The molecule has 0 radical (unpaired) electrons. The maximum absolute atomic E-state index is 10.1. The number of aliphatic hydroxyl groups is 1. The average Bonchev–Trinajstić information content (AvgIpc) is 3.28. The van der Waals surface area contributed by atoms with E-state index < -0.39 is 14.4 Å². The summed E-state index contributed by atoms with van der Waals surface area (Å²) in [6.45, 7) is 7.71. The predicted octanol–water partition coefficient (Wildman–Crippen LogP) is 2.36. The van der Waals surface area contributed by atoms with Crippen molar-refractivity contribution in [2.45, 2.75) is 38.5 Å². The average molecular weight is 492 g/mol. The minimum atomic E-state index is -2.70. The van der Waals surface area contributed by atoms with Crippen molar-refractivity contribution in [3.63, 3.8) is 0 Å². The van der Waals surface area contributed by atoms with Gasteiger partial charge in [0.1, 0.15) is 17.9 Å². The Morgan fingerprint density at radius 1 is 0.971 bits per heavy atom. The highest BCUT2D eigenvalue weighted by Crippen LogP contribution is 2.36. The zero-order valence-corrected chi connectivity index (χ0v) is 21.5. The second kappa shape index (κ2) is 10.7. The van der Waals surface area contributed by atoms with Gasteiger partial charge in [-0.05, 0) is 15.4 Å². The third kappa shape index (κ3) is 5.13. The standard InChI is InChI=1S/C26H33N5O3Si/c1-26(2,3)35(21-10-6-4-7-11-21,22-12-8-5-9-13-22)34-17-20(16-32)33-15-14-31-19-30-23-24(27)28-18-29-25(23)31/h4-13,18-20,32H,14-17H2,1-3H3,(H2,27,28,29). The van der Waals surface area contributed by atoms with Crippen molar-refractivity contribution in [1.82, 2.24) is 19.5 Å². The van der Waals surface area contributed by atoms with E-state index >= 15 is 0 Å². The minimum Gasteiger partial charge on any atom is -0.405 e. The summed E-state index contributed by atoms with van der Waals surface area (Å²) in [5, 5.41) is 12.3. The monoisotopic (exact) mass is 491 g/mol. The summed E-state index contributed by atoms with van der Waals surface area (Å²) in [5.74, 6) is 0.349. The fraction of sp³-hybridized carbons (Fsp3) is 0.346. The van der Waals surface area contributed by atoms with E-state index in [1.165, 1.54) is 16.7 Å². The summed E-state index contributed by atoms with van der Waals surface area (Å²) < 4.78 is 14.8. The molecule has 1 atom stereocenters. The van der Waals surface area contributed by atoms with Crippen molar-refractivity contribution in [2.24, 2.45) is 0 Å². The molecular weight excluding hydrogens is 458 g/mol. The number of aliphatic hydroxyl groups excluding tert-OH is 1. The molecule has 0 aliphatic rings. The number of ether oxygens (including phenoxy) is 1. The molecule has 9 heteroatoms. The third-order valence-electron chi connectivity index (χ3n) is 6.22. The number of benzene rings is 2. The zero-order valence-electron chi connectivity index (χ0n) is 20.5. The van der Waals surface area contributed by atoms with Crippen LogP contribution in [0.4, 0.5) is 5.82 Å². The van der Waals surface area contributed by atoms with Gasteiger partial charge in [0.25, 0.3) is 8.32 Å². The Kier molecular flexibility index (Phi) is 7.61. The lowest BCUT2D eigenvalue weighted by molar-refractivity contribution is -0.0183. The van der Waals surface area contributed by atoms with Gasteiger partial charge in [0.15, 0.2) is 11.5 Å². The number of nitrogens with two attached hydrogens (primary N) is 1. The molecule has 4 aromatic rings. The molecule has 0 spiro atoms. The lowest BCUT2D eigenvalue weighted by atomic mass is 10.2. The van der Waals surface area contributed by atoms with Gasteiger partial charge in [0.2, 0.25) is 0 Å². The normalized spacial score (nSPS) is 13.3.